The van der Waals surface area contributed by atoms with Gasteiger partial charge in [0, 0.05) is 25.7 Å². The third-order valence-corrected chi connectivity index (χ3v) is 18.8. The Hall–Kier alpha value is -1.94. The van der Waals surface area contributed by atoms with Gasteiger partial charge in [-0.15, -0.1) is 0 Å². The van der Waals surface area contributed by atoms with Crippen LogP contribution in [0.15, 0.2) is 0 Å². The molecular weight excluding hydrogens is 1210 g/mol. The Labute approximate surface area is 562 Å². The molecular formula is C73H142O17P2. The van der Waals surface area contributed by atoms with E-state index in [1.54, 1.807) is 0 Å². The maximum absolute atomic E-state index is 13.1. The SMILES string of the molecule is CCCCCCCCCC(=O)OC[C@H](COP(=O)(O)OC[C@H](O)COP(=O)(O)OC[C@@H](COC(=O)CCCCCCCCCCCCCCCCC(C)C)OC(=O)CCCCCCCCCCCCCCCCCCC(C)C)OC(=O)CCCCCCCCC(C)C. The molecule has 0 aliphatic carbocycles. The van der Waals surface area contributed by atoms with E-state index in [1.807, 2.05) is 0 Å². The van der Waals surface area contributed by atoms with Gasteiger partial charge in [0.1, 0.15) is 19.3 Å². The maximum Gasteiger partial charge on any atom is 0.472 e. The van der Waals surface area contributed by atoms with E-state index in [-0.39, 0.29) is 25.7 Å². The van der Waals surface area contributed by atoms with E-state index >= 15 is 0 Å². The second kappa shape index (κ2) is 63.8. The van der Waals surface area contributed by atoms with Crippen LogP contribution in [0.3, 0.4) is 0 Å². The van der Waals surface area contributed by atoms with Crippen molar-refractivity contribution >= 4 is 39.5 Å². The smallest absolute Gasteiger partial charge is 0.462 e. The molecule has 0 rings (SSSR count). The topological polar surface area (TPSA) is 237 Å². The first-order valence-electron chi connectivity index (χ1n) is 37.8. The zero-order chi connectivity index (χ0) is 68.0. The van der Waals surface area contributed by atoms with Crippen molar-refractivity contribution in [2.75, 3.05) is 39.6 Å². The molecule has 0 aromatic heterocycles. The molecule has 0 saturated carbocycles. The fourth-order valence-electron chi connectivity index (χ4n) is 11.1. The van der Waals surface area contributed by atoms with Gasteiger partial charge in [-0.1, -0.05) is 318 Å². The molecule has 0 aliphatic rings. The van der Waals surface area contributed by atoms with Gasteiger partial charge in [-0.05, 0) is 43.4 Å². The van der Waals surface area contributed by atoms with Crippen LogP contribution >= 0.6 is 15.6 Å². The predicted octanol–water partition coefficient (Wildman–Crippen LogP) is 21.0. The summed E-state index contributed by atoms with van der Waals surface area (Å²) >= 11 is 0. The Morgan fingerprint density at radius 2 is 0.500 bits per heavy atom. The molecule has 5 atom stereocenters. The zero-order valence-corrected chi connectivity index (χ0v) is 61.8. The standard InChI is InChI=1S/C73H142O17P2/c1-8-9-10-11-30-40-47-54-70(75)83-60-69(90-73(78)57-50-43-36-35-39-46-53-66(6)7)63-88-92(81,82)86-59-67(74)58-85-91(79,80)87-62-68(61-84-71(76)55-48-41-33-28-24-20-17-16-19-23-27-32-38-45-52-65(4)5)89-72(77)56-49-42-34-29-25-21-15-13-12-14-18-22-26-31-37-44-51-64(2)3/h64-69,74H,8-63H2,1-7H3,(H,79,80)(H,81,82)/t67-,68-,69-/m1/s1. The van der Waals surface area contributed by atoms with E-state index in [0.29, 0.717) is 31.6 Å². The molecule has 17 nitrogen and oxygen atoms in total. The number of carbonyl (C=O) groups is 4. The molecule has 0 radical (unpaired) electrons. The van der Waals surface area contributed by atoms with Crippen LogP contribution < -0.4 is 0 Å². The van der Waals surface area contributed by atoms with Gasteiger partial charge in [0.15, 0.2) is 12.2 Å². The van der Waals surface area contributed by atoms with Crippen molar-refractivity contribution in [2.24, 2.45) is 17.8 Å². The Kier molecular flexibility index (Phi) is 62.4. The first kappa shape index (κ1) is 90.1. The minimum Gasteiger partial charge on any atom is -0.462 e. The molecule has 0 aromatic rings. The van der Waals surface area contributed by atoms with Gasteiger partial charge in [0.2, 0.25) is 0 Å². The summed E-state index contributed by atoms with van der Waals surface area (Å²) in [5, 5.41) is 10.6. The highest BCUT2D eigenvalue weighted by Gasteiger charge is 2.30. The number of aliphatic hydroxyl groups excluding tert-OH is 1. The number of unbranched alkanes of at least 4 members (excludes halogenated alkanes) is 39. The lowest BCUT2D eigenvalue weighted by Crippen LogP contribution is -2.30. The summed E-state index contributed by atoms with van der Waals surface area (Å²) in [4.78, 5) is 72.5. The van der Waals surface area contributed by atoms with Crippen LogP contribution in [-0.4, -0.2) is 96.7 Å². The van der Waals surface area contributed by atoms with Gasteiger partial charge in [-0.25, -0.2) is 9.13 Å². The summed E-state index contributed by atoms with van der Waals surface area (Å²) in [5.74, 6) is 0.147. The number of hydrogen-bond donors (Lipinski definition) is 3. The minimum absolute atomic E-state index is 0.102. The number of esters is 4. The molecule has 0 spiro atoms. The Morgan fingerprint density at radius 3 is 0.739 bits per heavy atom. The minimum atomic E-state index is -4.95. The van der Waals surface area contributed by atoms with Crippen molar-refractivity contribution in [3.05, 3.63) is 0 Å². The monoisotopic (exact) mass is 1350 g/mol. The number of phosphoric ester groups is 2. The largest absolute Gasteiger partial charge is 0.472 e. The van der Waals surface area contributed by atoms with Crippen LogP contribution in [0.4, 0.5) is 0 Å². The van der Waals surface area contributed by atoms with Gasteiger partial charge in [-0.2, -0.15) is 0 Å². The van der Waals surface area contributed by atoms with Crippen LogP contribution in [0, 0.1) is 17.8 Å². The summed E-state index contributed by atoms with van der Waals surface area (Å²) in [6, 6.07) is 0. The van der Waals surface area contributed by atoms with Crippen molar-refractivity contribution < 1.29 is 80.2 Å². The molecule has 546 valence electrons. The number of carbonyl (C=O) groups excluding carboxylic acids is 4. The highest BCUT2D eigenvalue weighted by molar-refractivity contribution is 7.47. The molecule has 0 fully saturated rings. The third-order valence-electron chi connectivity index (χ3n) is 16.9. The fraction of sp³-hybridized carbons (Fsp3) is 0.945. The summed E-state index contributed by atoms with van der Waals surface area (Å²) in [7, 11) is -9.90. The Balaban J connectivity index is 5.17. The number of rotatable bonds is 71. The Bertz CT molecular complexity index is 1800. The van der Waals surface area contributed by atoms with Crippen LogP contribution in [0.25, 0.3) is 0 Å². The number of aliphatic hydroxyl groups is 1. The molecule has 0 saturated heterocycles. The van der Waals surface area contributed by atoms with E-state index in [1.165, 1.54) is 167 Å². The first-order valence-corrected chi connectivity index (χ1v) is 40.8. The van der Waals surface area contributed by atoms with Gasteiger partial charge in [-0.3, -0.25) is 37.3 Å². The summed E-state index contributed by atoms with van der Waals surface area (Å²) in [5.41, 5.74) is 0. The third kappa shape index (κ3) is 66.7. The summed E-state index contributed by atoms with van der Waals surface area (Å²) in [6.07, 6.45) is 49.0. The van der Waals surface area contributed by atoms with Crippen molar-refractivity contribution in [3.8, 4) is 0 Å². The summed E-state index contributed by atoms with van der Waals surface area (Å²) < 4.78 is 68.2. The first-order chi connectivity index (χ1) is 44.2. The molecule has 2 unspecified atom stereocenters. The lowest BCUT2D eigenvalue weighted by Gasteiger charge is -2.21. The van der Waals surface area contributed by atoms with Crippen molar-refractivity contribution in [2.45, 2.75) is 388 Å². The second-order valence-corrected chi connectivity index (χ2v) is 30.7. The lowest BCUT2D eigenvalue weighted by molar-refractivity contribution is -0.161. The average Bonchev–Trinajstić information content (AvgIpc) is 2.03. The van der Waals surface area contributed by atoms with Crippen LogP contribution in [-0.2, 0) is 65.4 Å². The molecule has 0 bridgehead atoms. The predicted molar refractivity (Wildman–Crippen MR) is 372 cm³/mol. The highest BCUT2D eigenvalue weighted by atomic mass is 31.2. The molecule has 0 heterocycles. The number of hydrogen-bond acceptors (Lipinski definition) is 15. The fourth-order valence-corrected chi connectivity index (χ4v) is 12.7. The number of phosphoric acid groups is 2. The lowest BCUT2D eigenvalue weighted by atomic mass is 10.0. The van der Waals surface area contributed by atoms with E-state index in [9.17, 15) is 43.2 Å². The second-order valence-electron chi connectivity index (χ2n) is 27.8. The maximum atomic E-state index is 13.1. The van der Waals surface area contributed by atoms with E-state index < -0.39 is 97.5 Å². The van der Waals surface area contributed by atoms with Crippen LogP contribution in [0.5, 0.6) is 0 Å². The van der Waals surface area contributed by atoms with Crippen molar-refractivity contribution in [1.82, 2.24) is 0 Å². The average molecular weight is 1350 g/mol. The molecule has 0 amide bonds. The number of ether oxygens (including phenoxy) is 4. The van der Waals surface area contributed by atoms with Gasteiger partial charge in [0.25, 0.3) is 0 Å². The van der Waals surface area contributed by atoms with Gasteiger partial charge >= 0.3 is 39.5 Å². The quantitative estimate of drug-likeness (QED) is 0.0222. The van der Waals surface area contributed by atoms with Gasteiger partial charge < -0.3 is 33.8 Å². The summed E-state index contributed by atoms with van der Waals surface area (Å²) in [6.45, 7) is 11.8. The van der Waals surface area contributed by atoms with Crippen LogP contribution in [0.1, 0.15) is 370 Å². The molecule has 0 aromatic carbocycles. The molecule has 92 heavy (non-hydrogen) atoms. The zero-order valence-electron chi connectivity index (χ0n) is 60.0. The van der Waals surface area contributed by atoms with Crippen molar-refractivity contribution in [1.29, 1.82) is 0 Å². The van der Waals surface area contributed by atoms with E-state index in [0.717, 1.165) is 115 Å². The normalized spacial score (nSPS) is 14.1. The molecule has 0 aliphatic heterocycles. The van der Waals surface area contributed by atoms with E-state index in [2.05, 4.69) is 48.5 Å². The van der Waals surface area contributed by atoms with Gasteiger partial charge in [0.05, 0.1) is 26.4 Å². The molecule has 3 N–H and O–H groups in total. The molecule has 19 heteroatoms. The van der Waals surface area contributed by atoms with Crippen LogP contribution in [0.2, 0.25) is 0 Å². The Morgan fingerprint density at radius 1 is 0.293 bits per heavy atom. The van der Waals surface area contributed by atoms with Crippen molar-refractivity contribution in [3.63, 3.8) is 0 Å². The van der Waals surface area contributed by atoms with E-state index in [4.69, 9.17) is 37.0 Å². The highest BCUT2D eigenvalue weighted by Crippen LogP contribution is 2.45.